The van der Waals surface area contributed by atoms with E-state index in [1.54, 1.807) is 13.0 Å². The minimum absolute atomic E-state index is 0.0219. The largest absolute Gasteiger partial charge is 0.389 e. The molecule has 3 nitrogen and oxygen atoms in total. The molecule has 4 aliphatic rings. The van der Waals surface area contributed by atoms with Gasteiger partial charge in [0.05, 0.1) is 6.10 Å². The molecule has 4 aliphatic carbocycles. The maximum absolute atomic E-state index is 12.2. The number of aliphatic hydroxyl groups excluding tert-OH is 1. The molecule has 0 aromatic carbocycles. The fourth-order valence-electron chi connectivity index (χ4n) is 7.27. The second-order valence-electron chi connectivity index (χ2n) is 9.40. The summed E-state index contributed by atoms with van der Waals surface area (Å²) in [5.41, 5.74) is 1.10. The molecule has 0 saturated heterocycles. The van der Waals surface area contributed by atoms with Crippen molar-refractivity contribution in [3.63, 3.8) is 0 Å². The lowest BCUT2D eigenvalue weighted by atomic mass is 9.46. The van der Waals surface area contributed by atoms with Crippen molar-refractivity contribution in [3.05, 3.63) is 11.6 Å². The summed E-state index contributed by atoms with van der Waals surface area (Å²) in [5.74, 6) is 2.35. The zero-order valence-corrected chi connectivity index (χ0v) is 15.2. The molecule has 0 aliphatic heterocycles. The summed E-state index contributed by atoms with van der Waals surface area (Å²) in [6.07, 6.45) is 7.97. The quantitative estimate of drug-likeness (QED) is 0.797. The molecule has 0 aromatic rings. The first kappa shape index (κ1) is 16.5. The van der Waals surface area contributed by atoms with Crippen LogP contribution < -0.4 is 0 Å². The molecule has 0 amide bonds. The van der Waals surface area contributed by atoms with Crippen LogP contribution in [0.25, 0.3) is 0 Å². The van der Waals surface area contributed by atoms with Crippen molar-refractivity contribution in [1.29, 1.82) is 0 Å². The molecule has 3 fully saturated rings. The number of carbonyl (C=O) groups is 2. The Bertz CT molecular complexity index is 621. The highest BCUT2D eigenvalue weighted by atomic mass is 16.3. The Morgan fingerprint density at radius 1 is 1.17 bits per heavy atom. The number of rotatable bonds is 1. The van der Waals surface area contributed by atoms with Crippen LogP contribution in [0.15, 0.2) is 11.6 Å². The standard InChI is InChI=1S/C21H30O3/c1-12(22)15-4-5-16-14-11-19(24)18-10-13(23)6-8-21(18,3)17(14)7-9-20(15,16)2/h10,14-17,19,24H,4-9,11H2,1-3H3/t14-,15-,16+,17+,19+,20-,21-/m1/s1. The van der Waals surface area contributed by atoms with Gasteiger partial charge in [0.2, 0.25) is 0 Å². The van der Waals surface area contributed by atoms with Crippen molar-refractivity contribution in [2.75, 3.05) is 0 Å². The number of hydrogen-bond donors (Lipinski definition) is 1. The normalized spacial score (nSPS) is 50.6. The van der Waals surface area contributed by atoms with E-state index >= 15 is 0 Å². The summed E-state index contributed by atoms with van der Waals surface area (Å²) in [6, 6.07) is 0. The van der Waals surface area contributed by atoms with Gasteiger partial charge < -0.3 is 5.11 Å². The van der Waals surface area contributed by atoms with E-state index in [1.165, 1.54) is 0 Å². The Morgan fingerprint density at radius 3 is 2.62 bits per heavy atom. The Kier molecular flexibility index (Phi) is 3.62. The highest BCUT2D eigenvalue weighted by Gasteiger charge is 2.61. The van der Waals surface area contributed by atoms with Crippen molar-refractivity contribution in [2.45, 2.75) is 71.8 Å². The Labute approximate surface area is 144 Å². The van der Waals surface area contributed by atoms with E-state index in [-0.39, 0.29) is 22.5 Å². The Balaban J connectivity index is 1.71. The topological polar surface area (TPSA) is 54.4 Å². The van der Waals surface area contributed by atoms with Crippen molar-refractivity contribution in [3.8, 4) is 0 Å². The Hall–Kier alpha value is -0.960. The van der Waals surface area contributed by atoms with Crippen molar-refractivity contribution >= 4 is 11.6 Å². The lowest BCUT2D eigenvalue weighted by Crippen LogP contribution is -2.54. The Morgan fingerprint density at radius 2 is 1.92 bits per heavy atom. The van der Waals surface area contributed by atoms with Crippen LogP contribution >= 0.6 is 0 Å². The van der Waals surface area contributed by atoms with Gasteiger partial charge in [-0.25, -0.2) is 0 Å². The maximum Gasteiger partial charge on any atom is 0.155 e. The molecule has 0 radical (unpaired) electrons. The molecule has 7 atom stereocenters. The first-order chi connectivity index (χ1) is 11.3. The average Bonchev–Trinajstić information content (AvgIpc) is 2.87. The molecule has 3 heteroatoms. The fourth-order valence-corrected chi connectivity index (χ4v) is 7.27. The van der Waals surface area contributed by atoms with Crippen LogP contribution in [0.5, 0.6) is 0 Å². The molecule has 1 N–H and O–H groups in total. The predicted octanol–water partition coefficient (Wildman–Crippen LogP) is 3.69. The molecule has 132 valence electrons. The third-order valence-electron chi connectivity index (χ3n) is 8.47. The molecule has 0 heterocycles. The summed E-state index contributed by atoms with van der Waals surface area (Å²) in [4.78, 5) is 24.1. The molecule has 0 aromatic heterocycles. The monoisotopic (exact) mass is 330 g/mol. The van der Waals surface area contributed by atoms with Crippen LogP contribution in [0.2, 0.25) is 0 Å². The number of Topliss-reactive ketones (excluding diaryl/α,β-unsaturated/α-hetero) is 1. The van der Waals surface area contributed by atoms with E-state index in [2.05, 4.69) is 13.8 Å². The van der Waals surface area contributed by atoms with Gasteiger partial charge in [-0.15, -0.1) is 0 Å². The first-order valence-electron chi connectivity index (χ1n) is 9.71. The second-order valence-corrected chi connectivity index (χ2v) is 9.40. The fraction of sp³-hybridized carbons (Fsp3) is 0.810. The van der Waals surface area contributed by atoms with Crippen LogP contribution in [-0.4, -0.2) is 22.8 Å². The third-order valence-corrected chi connectivity index (χ3v) is 8.47. The summed E-state index contributed by atoms with van der Waals surface area (Å²) >= 11 is 0. The van der Waals surface area contributed by atoms with Gasteiger partial charge in [0, 0.05) is 12.3 Å². The third kappa shape index (κ3) is 2.06. The van der Waals surface area contributed by atoms with E-state index in [9.17, 15) is 14.7 Å². The van der Waals surface area contributed by atoms with E-state index in [0.29, 0.717) is 30.0 Å². The molecule has 0 spiro atoms. The van der Waals surface area contributed by atoms with Gasteiger partial charge in [-0.1, -0.05) is 13.8 Å². The maximum atomic E-state index is 12.2. The summed E-state index contributed by atoms with van der Waals surface area (Å²) in [6.45, 7) is 6.37. The van der Waals surface area contributed by atoms with Gasteiger partial charge in [-0.2, -0.15) is 0 Å². The van der Waals surface area contributed by atoms with Crippen molar-refractivity contribution in [2.24, 2.45) is 34.5 Å². The predicted molar refractivity (Wildman–Crippen MR) is 92.3 cm³/mol. The summed E-state index contributed by atoms with van der Waals surface area (Å²) < 4.78 is 0. The first-order valence-corrected chi connectivity index (χ1v) is 9.71. The van der Waals surface area contributed by atoms with E-state index in [4.69, 9.17) is 0 Å². The van der Waals surface area contributed by atoms with Gasteiger partial charge in [0.1, 0.15) is 5.78 Å². The van der Waals surface area contributed by atoms with Crippen LogP contribution in [0.3, 0.4) is 0 Å². The lowest BCUT2D eigenvalue weighted by molar-refractivity contribution is -0.130. The molecule has 0 bridgehead atoms. The minimum Gasteiger partial charge on any atom is -0.389 e. The number of hydrogen-bond acceptors (Lipinski definition) is 3. The number of ketones is 2. The zero-order valence-electron chi connectivity index (χ0n) is 15.2. The average molecular weight is 330 g/mol. The molecule has 0 unspecified atom stereocenters. The molecule has 24 heavy (non-hydrogen) atoms. The van der Waals surface area contributed by atoms with Gasteiger partial charge >= 0.3 is 0 Å². The van der Waals surface area contributed by atoms with Crippen LogP contribution in [0.4, 0.5) is 0 Å². The summed E-state index contributed by atoms with van der Waals surface area (Å²) in [5, 5.41) is 10.8. The van der Waals surface area contributed by atoms with E-state index < -0.39 is 6.10 Å². The van der Waals surface area contributed by atoms with Gasteiger partial charge in [-0.05, 0) is 85.7 Å². The van der Waals surface area contributed by atoms with Gasteiger partial charge in [0.25, 0.3) is 0 Å². The molecular formula is C21H30O3. The highest BCUT2D eigenvalue weighted by Crippen LogP contribution is 2.66. The number of carbonyl (C=O) groups excluding carboxylic acids is 2. The lowest BCUT2D eigenvalue weighted by Gasteiger charge is -2.59. The van der Waals surface area contributed by atoms with Crippen LogP contribution in [0.1, 0.15) is 65.7 Å². The van der Waals surface area contributed by atoms with E-state index in [0.717, 1.165) is 44.1 Å². The summed E-state index contributed by atoms with van der Waals surface area (Å²) in [7, 11) is 0. The number of aliphatic hydroxyl groups is 1. The number of fused-ring (bicyclic) bond motifs is 5. The van der Waals surface area contributed by atoms with Gasteiger partial charge in [0.15, 0.2) is 5.78 Å². The van der Waals surface area contributed by atoms with Crippen LogP contribution in [-0.2, 0) is 9.59 Å². The smallest absolute Gasteiger partial charge is 0.155 e. The van der Waals surface area contributed by atoms with Gasteiger partial charge in [-0.3, -0.25) is 9.59 Å². The zero-order chi connectivity index (χ0) is 17.3. The minimum atomic E-state index is -0.473. The van der Waals surface area contributed by atoms with Crippen molar-refractivity contribution in [1.82, 2.24) is 0 Å². The van der Waals surface area contributed by atoms with Crippen LogP contribution in [0, 0.1) is 34.5 Å². The molecule has 3 saturated carbocycles. The molecule has 4 rings (SSSR count). The van der Waals surface area contributed by atoms with E-state index in [1.807, 2.05) is 0 Å². The molecular weight excluding hydrogens is 300 g/mol. The highest BCUT2D eigenvalue weighted by molar-refractivity contribution is 5.91. The second kappa shape index (κ2) is 5.27. The van der Waals surface area contributed by atoms with Crippen molar-refractivity contribution < 1.29 is 14.7 Å². The SMILES string of the molecule is CC(=O)[C@H]1CC[C@H]2[C@H]3C[C@H](O)C4=CC(=O)CC[C@]4(C)[C@H]3CC[C@]12C.